The number of hydrogen-bond donors (Lipinski definition) is 2. The highest BCUT2D eigenvalue weighted by Crippen LogP contribution is 2.28. The highest BCUT2D eigenvalue weighted by atomic mass is 79.9. The van der Waals surface area contributed by atoms with E-state index in [0.717, 1.165) is 38.8 Å². The molecule has 1 fully saturated rings. The Labute approximate surface area is 118 Å². The standard InChI is InChI=1S/C11H20N4O2.BrH/c12-5-9-17-10(16)15-7-3-11(4-8-15)2-1-6-13-14-11;/h6,14H,1-5,7-9,12H2;1H. The van der Waals surface area contributed by atoms with Crippen LogP contribution in [0.3, 0.4) is 0 Å². The van der Waals surface area contributed by atoms with Crippen LogP contribution in [0.15, 0.2) is 5.10 Å². The molecule has 2 aliphatic heterocycles. The quantitative estimate of drug-likeness (QED) is 0.791. The van der Waals surface area contributed by atoms with E-state index in [1.807, 2.05) is 6.21 Å². The lowest BCUT2D eigenvalue weighted by Crippen LogP contribution is -2.54. The molecule has 7 heteroatoms. The van der Waals surface area contributed by atoms with Gasteiger partial charge in [0.05, 0.1) is 5.54 Å². The maximum Gasteiger partial charge on any atom is 0.409 e. The Morgan fingerprint density at radius 3 is 2.72 bits per heavy atom. The average molecular weight is 321 g/mol. The predicted molar refractivity (Wildman–Crippen MR) is 75.1 cm³/mol. The van der Waals surface area contributed by atoms with Gasteiger partial charge in [0, 0.05) is 25.8 Å². The molecule has 0 aromatic rings. The zero-order valence-corrected chi connectivity index (χ0v) is 12.1. The number of halogens is 1. The first-order valence-corrected chi connectivity index (χ1v) is 6.16. The van der Waals surface area contributed by atoms with Crippen LogP contribution in [0, 0.1) is 0 Å². The zero-order chi connectivity index (χ0) is 12.1. The third-order valence-corrected chi connectivity index (χ3v) is 3.47. The molecule has 2 heterocycles. The van der Waals surface area contributed by atoms with Crippen LogP contribution in [0.25, 0.3) is 0 Å². The van der Waals surface area contributed by atoms with Gasteiger partial charge >= 0.3 is 6.09 Å². The number of piperidine rings is 1. The van der Waals surface area contributed by atoms with Crippen LogP contribution < -0.4 is 11.2 Å². The van der Waals surface area contributed by atoms with Gasteiger partial charge in [0.15, 0.2) is 0 Å². The van der Waals surface area contributed by atoms with E-state index in [1.54, 1.807) is 4.90 Å². The topological polar surface area (TPSA) is 80.0 Å². The number of carbonyl (C=O) groups excluding carboxylic acids is 1. The third kappa shape index (κ3) is 3.58. The molecule has 1 saturated heterocycles. The van der Waals surface area contributed by atoms with Crippen LogP contribution in [0.5, 0.6) is 0 Å². The molecule has 0 atom stereocenters. The second-order valence-electron chi connectivity index (χ2n) is 4.63. The Hall–Kier alpha value is -0.820. The largest absolute Gasteiger partial charge is 0.448 e. The molecule has 18 heavy (non-hydrogen) atoms. The molecule has 0 aromatic heterocycles. The highest BCUT2D eigenvalue weighted by molar-refractivity contribution is 8.93. The van der Waals surface area contributed by atoms with Gasteiger partial charge in [-0.2, -0.15) is 5.10 Å². The van der Waals surface area contributed by atoms with Crippen molar-refractivity contribution in [2.24, 2.45) is 10.8 Å². The van der Waals surface area contributed by atoms with E-state index < -0.39 is 0 Å². The van der Waals surface area contributed by atoms with E-state index >= 15 is 0 Å². The number of carbonyl (C=O) groups is 1. The Morgan fingerprint density at radius 1 is 1.44 bits per heavy atom. The summed E-state index contributed by atoms with van der Waals surface area (Å²) in [4.78, 5) is 13.4. The van der Waals surface area contributed by atoms with Gasteiger partial charge in [-0.1, -0.05) is 0 Å². The summed E-state index contributed by atoms with van der Waals surface area (Å²) in [5.41, 5.74) is 8.60. The molecular formula is C11H21BrN4O2. The first kappa shape index (κ1) is 15.2. The lowest BCUT2D eigenvalue weighted by atomic mass is 9.83. The molecule has 104 valence electrons. The minimum absolute atomic E-state index is 0. The Kier molecular flexibility index (Phi) is 5.87. The number of nitrogens with one attached hydrogen (secondary N) is 1. The molecule has 0 radical (unpaired) electrons. The first-order valence-electron chi connectivity index (χ1n) is 6.16. The van der Waals surface area contributed by atoms with Crippen molar-refractivity contribution in [3.05, 3.63) is 0 Å². The summed E-state index contributed by atoms with van der Waals surface area (Å²) in [7, 11) is 0. The fraction of sp³-hybridized carbons (Fsp3) is 0.818. The number of rotatable bonds is 2. The van der Waals surface area contributed by atoms with Crippen molar-refractivity contribution >= 4 is 29.3 Å². The Morgan fingerprint density at radius 2 is 2.17 bits per heavy atom. The number of nitrogens with two attached hydrogens (primary N) is 1. The molecule has 0 unspecified atom stereocenters. The number of likely N-dealkylation sites (tertiary alicyclic amines) is 1. The molecule has 2 aliphatic rings. The normalized spacial score (nSPS) is 21.1. The molecular weight excluding hydrogens is 300 g/mol. The van der Waals surface area contributed by atoms with Crippen LogP contribution in [0.1, 0.15) is 25.7 Å². The summed E-state index contributed by atoms with van der Waals surface area (Å²) in [5.74, 6) is 0. The van der Waals surface area contributed by atoms with E-state index in [1.165, 1.54) is 0 Å². The predicted octanol–water partition coefficient (Wildman–Crippen LogP) is 0.863. The van der Waals surface area contributed by atoms with Crippen LogP contribution >= 0.6 is 17.0 Å². The lowest BCUT2D eigenvalue weighted by Gasteiger charge is -2.42. The molecule has 0 saturated carbocycles. The molecule has 0 aromatic carbocycles. The summed E-state index contributed by atoms with van der Waals surface area (Å²) < 4.78 is 5.02. The van der Waals surface area contributed by atoms with Gasteiger partial charge in [-0.05, 0) is 25.7 Å². The maximum atomic E-state index is 11.6. The van der Waals surface area contributed by atoms with Crippen molar-refractivity contribution < 1.29 is 9.53 Å². The van der Waals surface area contributed by atoms with E-state index in [4.69, 9.17) is 10.5 Å². The summed E-state index contributed by atoms with van der Waals surface area (Å²) in [5, 5.41) is 4.15. The third-order valence-electron chi connectivity index (χ3n) is 3.47. The molecule has 0 aliphatic carbocycles. The number of hydrogen-bond acceptors (Lipinski definition) is 5. The van der Waals surface area contributed by atoms with Gasteiger partial charge in [-0.15, -0.1) is 17.0 Å². The SMILES string of the molecule is Br.NCCOC(=O)N1CCC2(CCC=NN2)CC1. The fourth-order valence-corrected chi connectivity index (χ4v) is 2.36. The second-order valence-corrected chi connectivity index (χ2v) is 4.63. The zero-order valence-electron chi connectivity index (χ0n) is 10.4. The van der Waals surface area contributed by atoms with Gasteiger partial charge in [-0.3, -0.25) is 0 Å². The summed E-state index contributed by atoms with van der Waals surface area (Å²) in [6.07, 6.45) is 5.65. The summed E-state index contributed by atoms with van der Waals surface area (Å²) in [6, 6.07) is 0. The van der Waals surface area contributed by atoms with Crippen LogP contribution in [0.4, 0.5) is 4.79 Å². The van der Waals surface area contributed by atoms with Crippen LogP contribution in [-0.4, -0.2) is 49.0 Å². The Balaban J connectivity index is 0.00000162. The maximum absolute atomic E-state index is 11.6. The number of amides is 1. The molecule has 2 rings (SSSR count). The van der Waals surface area contributed by atoms with Crippen molar-refractivity contribution in [1.82, 2.24) is 10.3 Å². The molecule has 1 amide bonds. The minimum Gasteiger partial charge on any atom is -0.448 e. The summed E-state index contributed by atoms with van der Waals surface area (Å²) in [6.45, 7) is 2.13. The second kappa shape index (κ2) is 6.94. The fourth-order valence-electron chi connectivity index (χ4n) is 2.36. The number of ether oxygens (including phenoxy) is 1. The minimum atomic E-state index is -0.246. The van der Waals surface area contributed by atoms with Gasteiger partial charge in [0.2, 0.25) is 0 Å². The first-order chi connectivity index (χ1) is 8.26. The van der Waals surface area contributed by atoms with Crippen molar-refractivity contribution in [2.75, 3.05) is 26.2 Å². The molecule has 1 spiro atoms. The van der Waals surface area contributed by atoms with E-state index in [2.05, 4.69) is 10.5 Å². The van der Waals surface area contributed by atoms with Crippen molar-refractivity contribution in [3.63, 3.8) is 0 Å². The van der Waals surface area contributed by atoms with Crippen LogP contribution in [0.2, 0.25) is 0 Å². The molecule has 3 N–H and O–H groups in total. The van der Waals surface area contributed by atoms with Gasteiger partial charge in [0.1, 0.15) is 6.61 Å². The van der Waals surface area contributed by atoms with Crippen LogP contribution in [-0.2, 0) is 4.74 Å². The number of hydrazone groups is 1. The molecule has 0 bridgehead atoms. The van der Waals surface area contributed by atoms with Crippen molar-refractivity contribution in [3.8, 4) is 0 Å². The summed E-state index contributed by atoms with van der Waals surface area (Å²) >= 11 is 0. The van der Waals surface area contributed by atoms with E-state index in [-0.39, 0.29) is 28.6 Å². The monoisotopic (exact) mass is 320 g/mol. The van der Waals surface area contributed by atoms with Gasteiger partial charge in [-0.25, -0.2) is 4.79 Å². The molecule has 6 nitrogen and oxygen atoms in total. The van der Waals surface area contributed by atoms with Crippen molar-refractivity contribution in [1.29, 1.82) is 0 Å². The highest BCUT2D eigenvalue weighted by Gasteiger charge is 2.36. The van der Waals surface area contributed by atoms with Gasteiger partial charge < -0.3 is 20.8 Å². The van der Waals surface area contributed by atoms with Gasteiger partial charge in [0.25, 0.3) is 0 Å². The van der Waals surface area contributed by atoms with E-state index in [0.29, 0.717) is 13.2 Å². The van der Waals surface area contributed by atoms with E-state index in [9.17, 15) is 4.79 Å². The lowest BCUT2D eigenvalue weighted by molar-refractivity contribution is 0.0765. The van der Waals surface area contributed by atoms with Crippen molar-refractivity contribution in [2.45, 2.75) is 31.2 Å². The average Bonchev–Trinajstić information content (AvgIpc) is 2.38. The smallest absolute Gasteiger partial charge is 0.409 e. The number of nitrogens with zero attached hydrogens (tertiary/aromatic N) is 2. The Bertz CT molecular complexity index is 303.